The Morgan fingerprint density at radius 1 is 1.50 bits per heavy atom. The highest BCUT2D eigenvalue weighted by molar-refractivity contribution is 6.08. The standard InChI is InChI=1S/C10H11N3O/c14-9(7-10-12-5-6-13-10)8-3-1-2-4-11-8/h1-4H,5-7H2,(H,12,13). The Kier molecular flexibility index (Phi) is 2.53. The quantitative estimate of drug-likeness (QED) is 0.710. The summed E-state index contributed by atoms with van der Waals surface area (Å²) in [5, 5.41) is 3.06. The van der Waals surface area contributed by atoms with Crippen LogP contribution in [0.25, 0.3) is 0 Å². The van der Waals surface area contributed by atoms with Gasteiger partial charge in [-0.3, -0.25) is 14.8 Å². The lowest BCUT2D eigenvalue weighted by molar-refractivity contribution is 0.0995. The van der Waals surface area contributed by atoms with Crippen LogP contribution in [0.4, 0.5) is 0 Å². The third kappa shape index (κ3) is 1.96. The first-order chi connectivity index (χ1) is 6.86. The molecular weight excluding hydrogens is 178 g/mol. The molecule has 1 aliphatic rings. The lowest BCUT2D eigenvalue weighted by Gasteiger charge is -2.00. The zero-order valence-electron chi connectivity index (χ0n) is 7.73. The van der Waals surface area contributed by atoms with Crippen molar-refractivity contribution in [1.82, 2.24) is 10.3 Å². The third-order valence-corrected chi connectivity index (χ3v) is 2.02. The van der Waals surface area contributed by atoms with Crippen LogP contribution in [-0.2, 0) is 0 Å². The first-order valence-electron chi connectivity index (χ1n) is 4.58. The average Bonchev–Trinajstić information content (AvgIpc) is 2.72. The molecule has 0 aliphatic carbocycles. The van der Waals surface area contributed by atoms with E-state index in [1.165, 1.54) is 0 Å². The minimum Gasteiger partial charge on any atom is -0.372 e. The molecule has 4 nitrogen and oxygen atoms in total. The van der Waals surface area contributed by atoms with Crippen molar-refractivity contribution in [3.8, 4) is 0 Å². The number of aromatic nitrogens is 1. The Labute approximate surface area is 82.1 Å². The molecule has 1 aliphatic heterocycles. The lowest BCUT2D eigenvalue weighted by Crippen LogP contribution is -2.21. The van der Waals surface area contributed by atoms with E-state index in [0.29, 0.717) is 12.1 Å². The largest absolute Gasteiger partial charge is 0.372 e. The summed E-state index contributed by atoms with van der Waals surface area (Å²) in [5.41, 5.74) is 0.504. The molecule has 2 rings (SSSR count). The summed E-state index contributed by atoms with van der Waals surface area (Å²) in [5.74, 6) is 0.791. The van der Waals surface area contributed by atoms with E-state index in [-0.39, 0.29) is 5.78 Å². The van der Waals surface area contributed by atoms with Gasteiger partial charge in [0.1, 0.15) is 11.5 Å². The van der Waals surface area contributed by atoms with Gasteiger partial charge in [-0.25, -0.2) is 0 Å². The molecule has 0 unspecified atom stereocenters. The van der Waals surface area contributed by atoms with Crippen LogP contribution < -0.4 is 5.32 Å². The summed E-state index contributed by atoms with van der Waals surface area (Å²) in [6, 6.07) is 5.32. The SMILES string of the molecule is O=C(CC1=NCCN1)c1ccccn1. The number of hydrogen-bond acceptors (Lipinski definition) is 4. The summed E-state index contributed by atoms with van der Waals surface area (Å²) in [6.45, 7) is 1.61. The number of hydrogen-bond donors (Lipinski definition) is 1. The maximum atomic E-state index is 11.6. The number of Topliss-reactive ketones (excluding diaryl/α,β-unsaturated/α-hetero) is 1. The zero-order chi connectivity index (χ0) is 9.80. The number of nitrogens with zero attached hydrogens (tertiary/aromatic N) is 2. The number of rotatable bonds is 3. The molecule has 0 aromatic carbocycles. The van der Waals surface area contributed by atoms with Crippen LogP contribution >= 0.6 is 0 Å². The van der Waals surface area contributed by atoms with Crippen LogP contribution in [0.15, 0.2) is 29.4 Å². The lowest BCUT2D eigenvalue weighted by atomic mass is 10.2. The molecule has 72 valence electrons. The van der Waals surface area contributed by atoms with Crippen LogP contribution in [0.3, 0.4) is 0 Å². The van der Waals surface area contributed by atoms with Gasteiger partial charge in [-0.05, 0) is 12.1 Å². The molecule has 14 heavy (non-hydrogen) atoms. The number of ketones is 1. The summed E-state index contributed by atoms with van der Waals surface area (Å²) in [6.07, 6.45) is 1.95. The van der Waals surface area contributed by atoms with Gasteiger partial charge in [0.25, 0.3) is 0 Å². The van der Waals surface area contributed by atoms with E-state index in [2.05, 4.69) is 15.3 Å². The van der Waals surface area contributed by atoms with E-state index in [1.54, 1.807) is 18.3 Å². The predicted octanol–water partition coefficient (Wildman–Crippen LogP) is 0.656. The van der Waals surface area contributed by atoms with E-state index in [0.717, 1.165) is 18.9 Å². The normalized spacial score (nSPS) is 14.7. The molecule has 0 amide bonds. The van der Waals surface area contributed by atoms with Crippen molar-refractivity contribution in [2.75, 3.05) is 13.1 Å². The number of nitrogens with one attached hydrogen (secondary N) is 1. The minimum absolute atomic E-state index is 0.0127. The second-order valence-corrected chi connectivity index (χ2v) is 3.07. The van der Waals surface area contributed by atoms with E-state index < -0.39 is 0 Å². The first-order valence-corrected chi connectivity index (χ1v) is 4.58. The van der Waals surface area contributed by atoms with Crippen molar-refractivity contribution in [2.24, 2.45) is 4.99 Å². The van der Waals surface area contributed by atoms with E-state index in [1.807, 2.05) is 6.07 Å². The summed E-state index contributed by atoms with van der Waals surface area (Å²) < 4.78 is 0. The summed E-state index contributed by atoms with van der Waals surface area (Å²) >= 11 is 0. The second-order valence-electron chi connectivity index (χ2n) is 3.07. The maximum Gasteiger partial charge on any atom is 0.188 e. The number of carbonyl (C=O) groups is 1. The van der Waals surface area contributed by atoms with Crippen LogP contribution in [-0.4, -0.2) is 29.7 Å². The third-order valence-electron chi connectivity index (χ3n) is 2.02. The molecule has 0 saturated heterocycles. The van der Waals surface area contributed by atoms with Crippen molar-refractivity contribution < 1.29 is 4.79 Å². The van der Waals surface area contributed by atoms with Gasteiger partial charge in [0, 0.05) is 12.7 Å². The van der Waals surface area contributed by atoms with E-state index >= 15 is 0 Å². The van der Waals surface area contributed by atoms with Gasteiger partial charge in [0.2, 0.25) is 0 Å². The summed E-state index contributed by atoms with van der Waals surface area (Å²) in [7, 11) is 0. The van der Waals surface area contributed by atoms with Gasteiger partial charge < -0.3 is 5.32 Å². The molecule has 4 heteroatoms. The fraction of sp³-hybridized carbons (Fsp3) is 0.300. The Bertz CT molecular complexity index is 359. The van der Waals surface area contributed by atoms with Crippen molar-refractivity contribution >= 4 is 11.6 Å². The molecule has 2 heterocycles. The van der Waals surface area contributed by atoms with E-state index in [9.17, 15) is 4.79 Å². The smallest absolute Gasteiger partial charge is 0.188 e. The molecule has 0 fully saturated rings. The highest BCUT2D eigenvalue weighted by atomic mass is 16.1. The zero-order valence-corrected chi connectivity index (χ0v) is 7.73. The Morgan fingerprint density at radius 3 is 3.07 bits per heavy atom. The van der Waals surface area contributed by atoms with Crippen molar-refractivity contribution in [3.63, 3.8) is 0 Å². The number of aliphatic imine (C=N–C) groups is 1. The molecule has 1 N–H and O–H groups in total. The summed E-state index contributed by atoms with van der Waals surface area (Å²) in [4.78, 5) is 19.8. The van der Waals surface area contributed by atoms with Crippen molar-refractivity contribution in [1.29, 1.82) is 0 Å². The predicted molar refractivity (Wildman–Crippen MR) is 53.5 cm³/mol. The van der Waals surface area contributed by atoms with Crippen LogP contribution in [0.2, 0.25) is 0 Å². The molecule has 0 bridgehead atoms. The molecule has 0 atom stereocenters. The minimum atomic E-state index is 0.0127. The molecular formula is C10H11N3O. The van der Waals surface area contributed by atoms with Crippen molar-refractivity contribution in [3.05, 3.63) is 30.1 Å². The van der Waals surface area contributed by atoms with Crippen LogP contribution in [0.5, 0.6) is 0 Å². The Morgan fingerprint density at radius 2 is 2.43 bits per heavy atom. The highest BCUT2D eigenvalue weighted by Gasteiger charge is 2.12. The molecule has 0 spiro atoms. The number of carbonyl (C=O) groups excluding carboxylic acids is 1. The first kappa shape index (κ1) is 8.87. The van der Waals surface area contributed by atoms with Gasteiger partial charge in [-0.15, -0.1) is 0 Å². The highest BCUT2D eigenvalue weighted by Crippen LogP contribution is 2.01. The van der Waals surface area contributed by atoms with Crippen LogP contribution in [0, 0.1) is 0 Å². The van der Waals surface area contributed by atoms with Gasteiger partial charge in [-0.2, -0.15) is 0 Å². The number of amidine groups is 1. The average molecular weight is 189 g/mol. The monoisotopic (exact) mass is 189 g/mol. The van der Waals surface area contributed by atoms with Crippen molar-refractivity contribution in [2.45, 2.75) is 6.42 Å². The number of pyridine rings is 1. The molecule has 0 radical (unpaired) electrons. The Balaban J connectivity index is 2.03. The van der Waals surface area contributed by atoms with E-state index in [4.69, 9.17) is 0 Å². The van der Waals surface area contributed by atoms with Gasteiger partial charge in [0.05, 0.1) is 13.0 Å². The van der Waals surface area contributed by atoms with Crippen LogP contribution in [0.1, 0.15) is 16.9 Å². The molecule has 0 saturated carbocycles. The fourth-order valence-electron chi connectivity index (χ4n) is 1.34. The maximum absolute atomic E-state index is 11.6. The van der Waals surface area contributed by atoms with Gasteiger partial charge >= 0.3 is 0 Å². The Hall–Kier alpha value is -1.71. The second kappa shape index (κ2) is 4.00. The topological polar surface area (TPSA) is 54.4 Å². The van der Waals surface area contributed by atoms with Gasteiger partial charge in [-0.1, -0.05) is 6.07 Å². The molecule has 1 aromatic rings. The molecule has 1 aromatic heterocycles. The van der Waals surface area contributed by atoms with Gasteiger partial charge in [0.15, 0.2) is 5.78 Å². The fourth-order valence-corrected chi connectivity index (χ4v) is 1.34.